The summed E-state index contributed by atoms with van der Waals surface area (Å²) in [4.78, 5) is 23.3. The second-order valence-corrected chi connectivity index (χ2v) is 7.03. The third kappa shape index (κ3) is 3.30. The van der Waals surface area contributed by atoms with Gasteiger partial charge in [0.25, 0.3) is 0 Å². The van der Waals surface area contributed by atoms with Crippen LogP contribution in [0.1, 0.15) is 17.7 Å². The molecule has 7 heteroatoms. The number of aryl methyl sites for hydroxylation is 2. The molecular weight excluding hydrogens is 351 g/mol. The van der Waals surface area contributed by atoms with Gasteiger partial charge in [0.1, 0.15) is 11.6 Å². The Hall–Kier alpha value is -2.80. The van der Waals surface area contributed by atoms with Crippen molar-refractivity contribution < 1.29 is 9.18 Å². The van der Waals surface area contributed by atoms with Gasteiger partial charge in [-0.2, -0.15) is 0 Å². The first-order valence-electron chi connectivity index (χ1n) is 8.37. The van der Waals surface area contributed by atoms with Crippen molar-refractivity contribution in [3.8, 4) is 11.3 Å². The van der Waals surface area contributed by atoms with Crippen LogP contribution >= 0.6 is 11.3 Å². The summed E-state index contributed by atoms with van der Waals surface area (Å²) in [7, 11) is 0. The quantitative estimate of drug-likeness (QED) is 0.717. The molecule has 26 heavy (non-hydrogen) atoms. The number of hydrogen-bond acceptors (Lipinski definition) is 4. The molecule has 0 unspecified atom stereocenters. The molecule has 3 aromatic rings. The maximum atomic E-state index is 13.5. The van der Waals surface area contributed by atoms with Crippen molar-refractivity contribution in [1.29, 1.82) is 0 Å². The van der Waals surface area contributed by atoms with Crippen LogP contribution in [0.25, 0.3) is 11.3 Å². The third-order valence-corrected chi connectivity index (χ3v) is 5.11. The van der Waals surface area contributed by atoms with E-state index in [0.29, 0.717) is 28.8 Å². The molecule has 0 spiro atoms. The van der Waals surface area contributed by atoms with Crippen LogP contribution in [0.2, 0.25) is 0 Å². The number of halogens is 1. The Morgan fingerprint density at radius 1 is 1.27 bits per heavy atom. The van der Waals surface area contributed by atoms with Crippen molar-refractivity contribution in [3.05, 3.63) is 58.9 Å². The molecule has 132 valence electrons. The number of nitrogens with zero attached hydrogens (tertiary/aromatic N) is 3. The van der Waals surface area contributed by atoms with Gasteiger partial charge >= 0.3 is 6.03 Å². The van der Waals surface area contributed by atoms with E-state index in [0.717, 1.165) is 24.1 Å². The smallest absolute Gasteiger partial charge is 0.283 e. The molecule has 2 amide bonds. The Kier molecular flexibility index (Phi) is 4.38. The Labute approximate surface area is 154 Å². The lowest BCUT2D eigenvalue weighted by Gasteiger charge is -2.28. The Bertz CT molecular complexity index is 972. The summed E-state index contributed by atoms with van der Waals surface area (Å²) in [6, 6.07) is 9.90. The molecule has 0 bridgehead atoms. The summed E-state index contributed by atoms with van der Waals surface area (Å²) in [5.74, 6) is 0.319. The van der Waals surface area contributed by atoms with E-state index in [1.54, 1.807) is 11.0 Å². The number of pyridine rings is 1. The molecule has 1 aliphatic heterocycles. The minimum Gasteiger partial charge on any atom is -0.283 e. The number of benzene rings is 1. The maximum absolute atomic E-state index is 13.5. The van der Waals surface area contributed by atoms with E-state index in [1.807, 2.05) is 30.5 Å². The average molecular weight is 368 g/mol. The highest BCUT2D eigenvalue weighted by molar-refractivity contribution is 7.13. The fourth-order valence-electron chi connectivity index (χ4n) is 3.02. The van der Waals surface area contributed by atoms with Gasteiger partial charge in [0.2, 0.25) is 0 Å². The first-order valence-corrected chi connectivity index (χ1v) is 9.24. The zero-order valence-corrected chi connectivity index (χ0v) is 15.0. The van der Waals surface area contributed by atoms with Crippen molar-refractivity contribution in [2.75, 3.05) is 16.8 Å². The van der Waals surface area contributed by atoms with Gasteiger partial charge in [0, 0.05) is 17.5 Å². The number of anilines is 2. The summed E-state index contributed by atoms with van der Waals surface area (Å²) in [5.41, 5.74) is 3.22. The number of urea groups is 1. The molecule has 5 nitrogen and oxygen atoms in total. The molecule has 3 heterocycles. The number of carbonyl (C=O) groups is 1. The number of nitrogens with one attached hydrogen (secondary N) is 1. The van der Waals surface area contributed by atoms with Gasteiger partial charge < -0.3 is 0 Å². The van der Waals surface area contributed by atoms with E-state index in [1.165, 1.54) is 23.5 Å². The largest absolute Gasteiger partial charge is 0.329 e. The SMILES string of the molecule is Cc1csc(NC(=O)N2CCCc3ccc(-c4cccc(F)c4)nc32)n1. The molecule has 0 radical (unpaired) electrons. The molecule has 2 aromatic heterocycles. The van der Waals surface area contributed by atoms with E-state index < -0.39 is 0 Å². The molecule has 4 rings (SSSR count). The Morgan fingerprint density at radius 3 is 2.92 bits per heavy atom. The standard InChI is InChI=1S/C19H17FN4OS/c1-12-11-26-18(21-12)23-19(25)24-9-3-5-13-7-8-16(22-17(13)24)14-4-2-6-15(20)10-14/h2,4,6-8,10-11H,3,5,9H2,1H3,(H,21,23,25). The van der Waals surface area contributed by atoms with Crippen molar-refractivity contribution >= 4 is 28.3 Å². The third-order valence-electron chi connectivity index (χ3n) is 4.24. The van der Waals surface area contributed by atoms with Crippen molar-refractivity contribution in [2.24, 2.45) is 0 Å². The summed E-state index contributed by atoms with van der Waals surface area (Å²) in [6.07, 6.45) is 1.74. The molecule has 1 N–H and O–H groups in total. The Morgan fingerprint density at radius 2 is 2.15 bits per heavy atom. The lowest BCUT2D eigenvalue weighted by atomic mass is 10.0. The second kappa shape index (κ2) is 6.84. The van der Waals surface area contributed by atoms with E-state index >= 15 is 0 Å². The van der Waals surface area contributed by atoms with Crippen molar-refractivity contribution in [1.82, 2.24) is 9.97 Å². The average Bonchev–Trinajstić information content (AvgIpc) is 3.05. The molecule has 1 aromatic carbocycles. The summed E-state index contributed by atoms with van der Waals surface area (Å²) in [6.45, 7) is 2.47. The van der Waals surface area contributed by atoms with Gasteiger partial charge in [-0.3, -0.25) is 10.2 Å². The number of fused-ring (bicyclic) bond motifs is 1. The first-order chi connectivity index (χ1) is 12.6. The topological polar surface area (TPSA) is 58.1 Å². The van der Waals surface area contributed by atoms with Gasteiger partial charge in [0.15, 0.2) is 5.13 Å². The predicted octanol–water partition coefficient (Wildman–Crippen LogP) is 4.64. The molecule has 1 aliphatic rings. The van der Waals surface area contributed by atoms with Crippen LogP contribution in [0.5, 0.6) is 0 Å². The number of amides is 2. The van der Waals surface area contributed by atoms with Gasteiger partial charge in [-0.25, -0.2) is 19.2 Å². The summed E-state index contributed by atoms with van der Waals surface area (Å²) in [5, 5.41) is 5.30. The van der Waals surface area contributed by atoms with Crippen LogP contribution in [0.15, 0.2) is 41.8 Å². The van der Waals surface area contributed by atoms with E-state index in [9.17, 15) is 9.18 Å². The van der Waals surface area contributed by atoms with Crippen LogP contribution in [0.4, 0.5) is 20.1 Å². The molecular formula is C19H17FN4OS. The van der Waals surface area contributed by atoms with Gasteiger partial charge in [-0.15, -0.1) is 11.3 Å². The molecule has 0 saturated heterocycles. The fourth-order valence-corrected chi connectivity index (χ4v) is 3.69. The van der Waals surface area contributed by atoms with Crippen LogP contribution < -0.4 is 10.2 Å². The zero-order valence-electron chi connectivity index (χ0n) is 14.2. The summed E-state index contributed by atoms with van der Waals surface area (Å²) >= 11 is 1.39. The minimum absolute atomic E-state index is 0.246. The van der Waals surface area contributed by atoms with Crippen molar-refractivity contribution in [3.63, 3.8) is 0 Å². The minimum atomic E-state index is -0.309. The molecule has 0 saturated carbocycles. The van der Waals surface area contributed by atoms with E-state index in [-0.39, 0.29) is 11.8 Å². The van der Waals surface area contributed by atoms with Crippen LogP contribution in [-0.4, -0.2) is 22.5 Å². The highest BCUT2D eigenvalue weighted by atomic mass is 32.1. The zero-order chi connectivity index (χ0) is 18.1. The fraction of sp³-hybridized carbons (Fsp3) is 0.211. The first kappa shape index (κ1) is 16.7. The van der Waals surface area contributed by atoms with Gasteiger partial charge in [-0.1, -0.05) is 18.2 Å². The highest BCUT2D eigenvalue weighted by Gasteiger charge is 2.25. The van der Waals surface area contributed by atoms with E-state index in [2.05, 4.69) is 15.3 Å². The number of rotatable bonds is 2. The predicted molar refractivity (Wildman–Crippen MR) is 101 cm³/mol. The summed E-state index contributed by atoms with van der Waals surface area (Å²) < 4.78 is 13.5. The van der Waals surface area contributed by atoms with Crippen molar-refractivity contribution in [2.45, 2.75) is 19.8 Å². The monoisotopic (exact) mass is 368 g/mol. The van der Waals surface area contributed by atoms with Crippen LogP contribution in [0, 0.1) is 12.7 Å². The van der Waals surface area contributed by atoms with Crippen LogP contribution in [-0.2, 0) is 6.42 Å². The lowest BCUT2D eigenvalue weighted by Crippen LogP contribution is -2.39. The number of thiazole rings is 1. The van der Waals surface area contributed by atoms with Crippen LogP contribution in [0.3, 0.4) is 0 Å². The molecule has 0 fully saturated rings. The molecule has 0 atom stereocenters. The molecule has 0 aliphatic carbocycles. The highest BCUT2D eigenvalue weighted by Crippen LogP contribution is 2.29. The number of hydrogen-bond donors (Lipinski definition) is 1. The Balaban J connectivity index is 1.66. The number of carbonyl (C=O) groups excluding carboxylic acids is 1. The van der Waals surface area contributed by atoms with E-state index in [4.69, 9.17) is 0 Å². The normalized spacial score (nSPS) is 13.4. The number of aromatic nitrogens is 2. The van der Waals surface area contributed by atoms with Gasteiger partial charge in [0.05, 0.1) is 11.4 Å². The van der Waals surface area contributed by atoms with Gasteiger partial charge in [-0.05, 0) is 43.5 Å². The second-order valence-electron chi connectivity index (χ2n) is 6.17. The lowest BCUT2D eigenvalue weighted by molar-refractivity contribution is 0.256. The maximum Gasteiger partial charge on any atom is 0.329 e.